The zero-order valence-corrected chi connectivity index (χ0v) is 12.3. The Morgan fingerprint density at radius 2 is 0.875 bits per heavy atom. The zero-order chi connectivity index (χ0) is 4.50. The Morgan fingerprint density at radius 1 is 0.875 bits per heavy atom. The quantitative estimate of drug-likeness (QED) is 0.345. The molecule has 0 rings (SSSR count). The van der Waals surface area contributed by atoms with Gasteiger partial charge in [0, 0.05) is 0 Å². The van der Waals surface area contributed by atoms with Crippen LogP contribution in [0.25, 0.3) is 0 Å². The van der Waals surface area contributed by atoms with Crippen molar-refractivity contribution in [1.29, 1.82) is 0 Å². The number of hydrogen-bond acceptors (Lipinski definition) is 4. The molecule has 4 N–H and O–H groups in total. The van der Waals surface area contributed by atoms with Crippen molar-refractivity contribution < 1.29 is 19.2 Å². The molecular formula is H4AlBaMgO4Si+7. The second-order valence-corrected chi connectivity index (χ2v) is 1.80. The van der Waals surface area contributed by atoms with Crippen LogP contribution in [0.2, 0.25) is 0 Å². The van der Waals surface area contributed by atoms with E-state index < -0.39 is 9.05 Å². The maximum absolute atomic E-state index is 7.33. The van der Waals surface area contributed by atoms with Gasteiger partial charge in [-0.1, -0.05) is 0 Å². The molecule has 0 aliphatic carbocycles. The van der Waals surface area contributed by atoms with Crippen LogP contribution in [0.5, 0.6) is 0 Å². The van der Waals surface area contributed by atoms with E-state index in [1.807, 2.05) is 0 Å². The minimum Gasteiger partial charge on any atom is -0.368 e. The molecule has 0 fully saturated rings. The van der Waals surface area contributed by atoms with Crippen LogP contribution in [-0.4, -0.2) is 118 Å². The first-order valence-electron chi connectivity index (χ1n) is 0.894. The molecule has 8 heteroatoms. The summed E-state index contributed by atoms with van der Waals surface area (Å²) in [5.41, 5.74) is 0. The fraction of sp³-hybridized carbons (Fsp3) is 0. The van der Waals surface area contributed by atoms with E-state index in [-0.39, 0.29) is 89.3 Å². The largest absolute Gasteiger partial charge is 3.00 e. The van der Waals surface area contributed by atoms with Crippen LogP contribution in [0.15, 0.2) is 0 Å². The van der Waals surface area contributed by atoms with E-state index in [0.717, 1.165) is 0 Å². The van der Waals surface area contributed by atoms with Gasteiger partial charge in [0.2, 0.25) is 0 Å². The Labute approximate surface area is 115 Å². The van der Waals surface area contributed by atoms with Gasteiger partial charge in [-0.25, -0.2) is 0 Å². The molecule has 0 aliphatic heterocycles. The third kappa shape index (κ3) is 65.5. The SMILES string of the molecule is O[Si](O)(O)O.[Al+3].[Ba+2].[Mg+2]. The minimum absolute atomic E-state index is 0. The Kier molecular flexibility index (Phi) is 27.8. The molecule has 0 bridgehead atoms. The monoisotopic (exact) mass is 285 g/mol. The van der Waals surface area contributed by atoms with Gasteiger partial charge in [-0.2, -0.15) is 0 Å². The van der Waals surface area contributed by atoms with Gasteiger partial charge in [0.15, 0.2) is 0 Å². The van der Waals surface area contributed by atoms with Gasteiger partial charge < -0.3 is 19.2 Å². The van der Waals surface area contributed by atoms with Crippen LogP contribution in [-0.2, 0) is 0 Å². The van der Waals surface area contributed by atoms with Crippen molar-refractivity contribution in [3.8, 4) is 0 Å². The molecule has 0 amide bonds. The van der Waals surface area contributed by atoms with Crippen LogP contribution < -0.4 is 0 Å². The second kappa shape index (κ2) is 9.93. The molecule has 8 heavy (non-hydrogen) atoms. The molecule has 0 aromatic rings. The Morgan fingerprint density at radius 3 is 0.875 bits per heavy atom. The predicted octanol–water partition coefficient (Wildman–Crippen LogP) is -3.75. The topological polar surface area (TPSA) is 80.9 Å². The third-order valence-corrected chi connectivity index (χ3v) is 0. The summed E-state index contributed by atoms with van der Waals surface area (Å²) in [5.74, 6) is 0. The van der Waals surface area contributed by atoms with Gasteiger partial charge in [0.25, 0.3) is 0 Å². The summed E-state index contributed by atoms with van der Waals surface area (Å²) in [6.07, 6.45) is 0. The summed E-state index contributed by atoms with van der Waals surface area (Å²) in [4.78, 5) is 29.3. The van der Waals surface area contributed by atoms with Gasteiger partial charge in [-0.05, 0) is 0 Å². The zero-order valence-electron chi connectivity index (χ0n) is 4.28. The minimum atomic E-state index is -4.61. The molecule has 0 saturated carbocycles. The maximum atomic E-state index is 7.33. The maximum Gasteiger partial charge on any atom is 3.00 e. The van der Waals surface area contributed by atoms with Crippen molar-refractivity contribution in [2.75, 3.05) is 0 Å². The summed E-state index contributed by atoms with van der Waals surface area (Å²) >= 11 is 0. The van der Waals surface area contributed by atoms with Crippen LogP contribution in [0, 0.1) is 0 Å². The number of rotatable bonds is 0. The molecule has 0 aliphatic rings. The molecule has 0 saturated heterocycles. The Hall–Kier alpha value is 2.93. The average molecular weight is 285 g/mol. The van der Waals surface area contributed by atoms with Gasteiger partial charge >= 0.3 is 98.3 Å². The van der Waals surface area contributed by atoms with Gasteiger partial charge in [-0.3, -0.25) is 0 Å². The molecule has 0 atom stereocenters. The van der Waals surface area contributed by atoms with Crippen LogP contribution in [0.1, 0.15) is 0 Å². The first-order chi connectivity index (χ1) is 2.00. The first kappa shape index (κ1) is 22.4. The van der Waals surface area contributed by atoms with E-state index in [0.29, 0.717) is 0 Å². The molecule has 4 nitrogen and oxygen atoms in total. The van der Waals surface area contributed by atoms with E-state index in [2.05, 4.69) is 0 Å². The van der Waals surface area contributed by atoms with E-state index in [1.54, 1.807) is 0 Å². The van der Waals surface area contributed by atoms with E-state index in [4.69, 9.17) is 19.2 Å². The molecule has 0 radical (unpaired) electrons. The van der Waals surface area contributed by atoms with Crippen molar-refractivity contribution in [1.82, 2.24) is 0 Å². The van der Waals surface area contributed by atoms with E-state index in [9.17, 15) is 0 Å². The summed E-state index contributed by atoms with van der Waals surface area (Å²) in [6.45, 7) is 0. The van der Waals surface area contributed by atoms with Gasteiger partial charge in [0.1, 0.15) is 0 Å². The average Bonchev–Trinajstić information content (AvgIpc) is 0.722. The summed E-state index contributed by atoms with van der Waals surface area (Å²) in [7, 11) is -4.61. The smallest absolute Gasteiger partial charge is 0.368 e. The van der Waals surface area contributed by atoms with E-state index >= 15 is 0 Å². The van der Waals surface area contributed by atoms with Crippen molar-refractivity contribution in [2.45, 2.75) is 0 Å². The van der Waals surface area contributed by atoms with Crippen molar-refractivity contribution in [2.24, 2.45) is 0 Å². The molecule has 0 heterocycles. The second-order valence-electron chi connectivity index (χ2n) is 0.600. The van der Waals surface area contributed by atoms with E-state index in [1.165, 1.54) is 0 Å². The molecule has 32 valence electrons. The molecule has 0 unspecified atom stereocenters. The van der Waals surface area contributed by atoms with Crippen molar-refractivity contribution in [3.05, 3.63) is 0 Å². The standard InChI is InChI=1S/Al.Ba.Mg.H4O4Si/c;;;1-5(2,3)4/h;;;1-4H/q+3;2*+2;. The molecule has 0 spiro atoms. The number of hydrogen-bond donors (Lipinski definition) is 4. The van der Waals surface area contributed by atoms with Crippen LogP contribution in [0.4, 0.5) is 0 Å². The fourth-order valence-corrected chi connectivity index (χ4v) is 0. The Bertz CT molecular complexity index is 31.5. The summed E-state index contributed by atoms with van der Waals surface area (Å²) in [6, 6.07) is 0. The fourth-order valence-electron chi connectivity index (χ4n) is 0. The van der Waals surface area contributed by atoms with Crippen molar-refractivity contribution >= 4 is 98.3 Å². The summed E-state index contributed by atoms with van der Waals surface area (Å²) < 4.78 is 0. The summed E-state index contributed by atoms with van der Waals surface area (Å²) in [5, 5.41) is 0. The molecular weight excluding hydrogens is 281 g/mol. The normalized spacial score (nSPS) is 7.50. The first-order valence-corrected chi connectivity index (χ1v) is 2.68. The van der Waals surface area contributed by atoms with Crippen LogP contribution >= 0.6 is 0 Å². The molecule has 0 aromatic carbocycles. The van der Waals surface area contributed by atoms with Crippen molar-refractivity contribution in [3.63, 3.8) is 0 Å². The Balaban J connectivity index is -0.0000000267. The molecule has 0 aromatic heterocycles. The third-order valence-electron chi connectivity index (χ3n) is 0. The van der Waals surface area contributed by atoms with Crippen LogP contribution in [0.3, 0.4) is 0 Å². The predicted molar refractivity (Wildman–Crippen MR) is 31.9 cm³/mol. The van der Waals surface area contributed by atoms with Gasteiger partial charge in [-0.15, -0.1) is 0 Å². The van der Waals surface area contributed by atoms with Gasteiger partial charge in [0.05, 0.1) is 0 Å².